The van der Waals surface area contributed by atoms with Crippen molar-refractivity contribution in [2.75, 3.05) is 0 Å². The number of rotatable bonds is 4. The number of carbonyl (C=O) groups excluding carboxylic acids is 1. The first kappa shape index (κ1) is 13.8. The van der Waals surface area contributed by atoms with Crippen LogP contribution in [-0.4, -0.2) is 10.6 Å². The molecule has 1 aromatic rings. The molecule has 0 saturated carbocycles. The van der Waals surface area contributed by atoms with Gasteiger partial charge in [-0.2, -0.15) is 0 Å². The maximum Gasteiger partial charge on any atom is 0.174 e. The lowest BCUT2D eigenvalue weighted by Crippen LogP contribution is -2.20. The Morgan fingerprint density at radius 1 is 1.17 bits per heavy atom. The molecule has 1 aromatic carbocycles. The third-order valence-electron chi connectivity index (χ3n) is 2.98. The van der Waals surface area contributed by atoms with Crippen LogP contribution in [0.1, 0.15) is 23.7 Å². The molecule has 2 rings (SSSR count). The first-order valence-corrected chi connectivity index (χ1v) is 7.66. The van der Waals surface area contributed by atoms with Gasteiger partial charge >= 0.3 is 0 Å². The van der Waals surface area contributed by atoms with E-state index in [9.17, 15) is 4.79 Å². The maximum absolute atomic E-state index is 12.3. The smallest absolute Gasteiger partial charge is 0.174 e. The molecule has 1 aliphatic carbocycles. The van der Waals surface area contributed by atoms with E-state index >= 15 is 0 Å². The zero-order valence-corrected chi connectivity index (χ0v) is 13.2. The molecule has 0 fully saturated rings. The van der Waals surface area contributed by atoms with E-state index in [2.05, 4.69) is 31.9 Å². The summed E-state index contributed by atoms with van der Waals surface area (Å²) < 4.78 is 0. The van der Waals surface area contributed by atoms with Crippen LogP contribution in [0.2, 0.25) is 0 Å². The predicted octanol–water partition coefficient (Wildman–Crippen LogP) is 4.73. The Morgan fingerprint density at radius 3 is 2.39 bits per heavy atom. The molecule has 0 spiro atoms. The van der Waals surface area contributed by atoms with E-state index < -0.39 is 0 Å². The van der Waals surface area contributed by atoms with E-state index in [-0.39, 0.29) is 15.4 Å². The van der Waals surface area contributed by atoms with Crippen LogP contribution in [0, 0.1) is 0 Å². The van der Waals surface area contributed by atoms with E-state index in [4.69, 9.17) is 0 Å². The molecule has 0 N–H and O–H groups in total. The van der Waals surface area contributed by atoms with Crippen LogP contribution >= 0.6 is 31.9 Å². The van der Waals surface area contributed by atoms with Gasteiger partial charge in [-0.1, -0.05) is 79.9 Å². The number of alkyl halides is 2. The normalized spacial score (nSPS) is 17.9. The van der Waals surface area contributed by atoms with Gasteiger partial charge < -0.3 is 0 Å². The Balaban J connectivity index is 2.08. The van der Waals surface area contributed by atoms with Crippen LogP contribution in [-0.2, 0) is 4.79 Å². The fraction of sp³-hybridized carbons (Fsp3) is 0.267. The van der Waals surface area contributed by atoms with Crippen molar-refractivity contribution in [1.29, 1.82) is 0 Å². The third kappa shape index (κ3) is 3.01. The van der Waals surface area contributed by atoms with E-state index in [0.29, 0.717) is 0 Å². The van der Waals surface area contributed by atoms with Gasteiger partial charge in [-0.25, -0.2) is 0 Å². The van der Waals surface area contributed by atoms with Gasteiger partial charge in [0.2, 0.25) is 0 Å². The highest BCUT2D eigenvalue weighted by atomic mass is 79.9. The van der Waals surface area contributed by atoms with Gasteiger partial charge in [0.15, 0.2) is 5.78 Å². The summed E-state index contributed by atoms with van der Waals surface area (Å²) in [6.07, 6.45) is 4.71. The van der Waals surface area contributed by atoms with Gasteiger partial charge in [0.25, 0.3) is 0 Å². The number of allylic oxidation sites excluding steroid dienone is 4. The highest BCUT2D eigenvalue weighted by molar-refractivity contribution is 9.12. The van der Waals surface area contributed by atoms with Crippen molar-refractivity contribution in [2.24, 2.45) is 0 Å². The molecule has 0 heterocycles. The van der Waals surface area contributed by atoms with Crippen LogP contribution in [0.4, 0.5) is 0 Å². The molecule has 0 amide bonds. The first-order chi connectivity index (χ1) is 8.59. The molecule has 0 aliphatic heterocycles. The minimum absolute atomic E-state index is 0.00648. The van der Waals surface area contributed by atoms with E-state index in [1.54, 1.807) is 0 Å². The number of carbonyl (C=O) groups is 1. The summed E-state index contributed by atoms with van der Waals surface area (Å²) in [4.78, 5) is 12.1. The fourth-order valence-corrected chi connectivity index (χ4v) is 3.09. The van der Waals surface area contributed by atoms with Crippen LogP contribution < -0.4 is 0 Å². The summed E-state index contributed by atoms with van der Waals surface area (Å²) in [7, 11) is 0. The van der Waals surface area contributed by atoms with Crippen molar-refractivity contribution in [3.05, 3.63) is 59.2 Å². The number of halogens is 2. The minimum atomic E-state index is -0.231. The predicted molar refractivity (Wildman–Crippen MR) is 82.3 cm³/mol. The quantitative estimate of drug-likeness (QED) is 0.701. The molecular weight excluding hydrogens is 356 g/mol. The number of hydrogen-bond acceptors (Lipinski definition) is 1. The Labute approximate surface area is 124 Å². The van der Waals surface area contributed by atoms with E-state index in [0.717, 1.165) is 17.6 Å². The Kier molecular flexibility index (Phi) is 4.57. The zero-order chi connectivity index (χ0) is 13.1. The number of Topliss-reactive ketones (excluding diaryl/α,β-unsaturated/α-hetero) is 1. The monoisotopic (exact) mass is 368 g/mol. The second-order valence-electron chi connectivity index (χ2n) is 4.46. The van der Waals surface area contributed by atoms with E-state index in [1.807, 2.05) is 49.4 Å². The largest absolute Gasteiger partial charge is 0.293 e. The van der Waals surface area contributed by atoms with Gasteiger partial charge in [0, 0.05) is 5.57 Å². The van der Waals surface area contributed by atoms with Crippen molar-refractivity contribution < 1.29 is 4.79 Å². The lowest BCUT2D eigenvalue weighted by molar-refractivity contribution is -0.115. The van der Waals surface area contributed by atoms with Gasteiger partial charge in [-0.05, 0) is 18.9 Å². The molecule has 0 radical (unpaired) electrons. The van der Waals surface area contributed by atoms with Crippen LogP contribution in [0.3, 0.4) is 0 Å². The SMILES string of the molecule is CC1=CC=C(C(=O)C(Br)C(Br)c2ccccc2)C1. The highest BCUT2D eigenvalue weighted by Gasteiger charge is 2.28. The van der Waals surface area contributed by atoms with E-state index in [1.165, 1.54) is 5.57 Å². The molecule has 0 saturated heterocycles. The number of ketones is 1. The summed E-state index contributed by atoms with van der Waals surface area (Å²) in [6, 6.07) is 9.98. The highest BCUT2D eigenvalue weighted by Crippen LogP contribution is 2.34. The van der Waals surface area contributed by atoms with Crippen LogP contribution in [0.25, 0.3) is 0 Å². The maximum atomic E-state index is 12.3. The van der Waals surface area contributed by atoms with Gasteiger partial charge in [0.1, 0.15) is 0 Å². The average Bonchev–Trinajstić information content (AvgIpc) is 2.84. The standard InChI is InChI=1S/C15H14Br2O/c1-10-7-8-12(9-10)15(18)14(17)13(16)11-5-3-2-4-6-11/h2-8,13-14H,9H2,1H3. The first-order valence-electron chi connectivity index (χ1n) is 5.83. The molecule has 3 heteroatoms. The van der Waals surface area contributed by atoms with Crippen LogP contribution in [0.5, 0.6) is 0 Å². The van der Waals surface area contributed by atoms with Gasteiger partial charge in [-0.15, -0.1) is 0 Å². The summed E-state index contributed by atoms with van der Waals surface area (Å²) in [5.74, 6) is 0.161. The average molecular weight is 370 g/mol. The van der Waals surface area contributed by atoms with Crippen molar-refractivity contribution in [2.45, 2.75) is 23.0 Å². The van der Waals surface area contributed by atoms with Crippen molar-refractivity contribution in [3.63, 3.8) is 0 Å². The molecule has 18 heavy (non-hydrogen) atoms. The third-order valence-corrected chi connectivity index (χ3v) is 5.69. The zero-order valence-electron chi connectivity index (χ0n) is 10.1. The van der Waals surface area contributed by atoms with Gasteiger partial charge in [-0.3, -0.25) is 4.79 Å². The molecule has 1 nitrogen and oxygen atoms in total. The fourth-order valence-electron chi connectivity index (χ4n) is 1.95. The minimum Gasteiger partial charge on any atom is -0.293 e. The summed E-state index contributed by atoms with van der Waals surface area (Å²) in [5.41, 5.74) is 3.23. The molecule has 2 atom stereocenters. The van der Waals surface area contributed by atoms with Crippen molar-refractivity contribution in [1.82, 2.24) is 0 Å². The molecule has 94 valence electrons. The summed E-state index contributed by atoms with van der Waals surface area (Å²) in [6.45, 7) is 2.04. The molecule has 1 aliphatic rings. The lowest BCUT2D eigenvalue weighted by atomic mass is 10.0. The lowest BCUT2D eigenvalue weighted by Gasteiger charge is -2.16. The number of benzene rings is 1. The number of hydrogen-bond donors (Lipinski definition) is 0. The topological polar surface area (TPSA) is 17.1 Å². The second-order valence-corrected chi connectivity index (χ2v) is 6.43. The molecule has 0 bridgehead atoms. The van der Waals surface area contributed by atoms with Crippen molar-refractivity contribution >= 4 is 37.6 Å². The Bertz CT molecular complexity index is 502. The Hall–Kier alpha value is -0.670. The molecule has 2 unspecified atom stereocenters. The van der Waals surface area contributed by atoms with Gasteiger partial charge in [0.05, 0.1) is 9.65 Å². The van der Waals surface area contributed by atoms with Crippen molar-refractivity contribution in [3.8, 4) is 0 Å². The summed E-state index contributed by atoms with van der Waals surface area (Å²) >= 11 is 7.12. The molecule has 0 aromatic heterocycles. The second kappa shape index (κ2) is 5.98. The Morgan fingerprint density at radius 2 is 1.83 bits per heavy atom. The molecular formula is C15H14Br2O. The summed E-state index contributed by atoms with van der Waals surface area (Å²) in [5, 5.41) is 0. The van der Waals surface area contributed by atoms with Crippen LogP contribution in [0.15, 0.2) is 53.6 Å².